The molecule has 6 nitrogen and oxygen atoms in total. The smallest absolute Gasteiger partial charge is 0.303 e. The van der Waals surface area contributed by atoms with E-state index in [1.165, 1.54) is 54.0 Å². The predicted molar refractivity (Wildman–Crippen MR) is 170 cm³/mol. The lowest BCUT2D eigenvalue weighted by Crippen LogP contribution is -2.19. The van der Waals surface area contributed by atoms with Gasteiger partial charge in [0.15, 0.2) is 0 Å². The second kappa shape index (κ2) is 16.1. The van der Waals surface area contributed by atoms with Crippen LogP contribution in [-0.2, 0) is 48.2 Å². The van der Waals surface area contributed by atoms with Gasteiger partial charge in [0.1, 0.15) is 19.3 Å². The molecule has 0 amide bonds. The number of benzene rings is 4. The Morgan fingerprint density at radius 2 is 1.35 bits per heavy atom. The number of fused-ring (bicyclic) bond motifs is 2. The number of carbonyl (C=O) groups excluding carboxylic acids is 3. The molecule has 1 aliphatic carbocycles. The molecule has 0 aromatic heterocycles. The van der Waals surface area contributed by atoms with E-state index in [0.29, 0.717) is 13.2 Å². The summed E-state index contributed by atoms with van der Waals surface area (Å²) in [6.07, 6.45) is 4.66. The molecular weight excluding hydrogens is 540 g/mol. The third-order valence-electron chi connectivity index (χ3n) is 6.61. The molecule has 6 heteroatoms. The van der Waals surface area contributed by atoms with Crippen molar-refractivity contribution in [3.8, 4) is 0 Å². The van der Waals surface area contributed by atoms with E-state index in [-0.39, 0.29) is 24.0 Å². The van der Waals surface area contributed by atoms with Crippen molar-refractivity contribution in [2.45, 2.75) is 67.3 Å². The molecule has 1 aliphatic rings. The maximum atomic E-state index is 10.8. The Bertz CT molecular complexity index is 1600. The van der Waals surface area contributed by atoms with Crippen LogP contribution < -0.4 is 0 Å². The Kier molecular flexibility index (Phi) is 12.3. The van der Waals surface area contributed by atoms with Crippen molar-refractivity contribution < 1.29 is 28.6 Å². The van der Waals surface area contributed by atoms with Gasteiger partial charge >= 0.3 is 17.9 Å². The fraction of sp³-hybridized carbons (Fsp3) is 0.270. The molecule has 0 fully saturated rings. The van der Waals surface area contributed by atoms with Crippen LogP contribution in [0.2, 0.25) is 0 Å². The van der Waals surface area contributed by atoms with Gasteiger partial charge in [0.05, 0.1) is 0 Å². The Morgan fingerprint density at radius 1 is 0.698 bits per heavy atom. The van der Waals surface area contributed by atoms with Gasteiger partial charge in [-0.25, -0.2) is 0 Å². The molecule has 0 spiro atoms. The number of hydrogen-bond acceptors (Lipinski definition) is 6. The standard InChI is InChI=1S/C14H14O2.C13H14O2.C10H12O2/c1-10-6-7-14-12(8-10)4-3-5-13(14)9-16-11(2)15;1-9-3-4-12-8-13(15-10(2)14)6-5-11(12)7-9;1-8-4-3-5-10(6-8)7-12-9(2)11/h3-8H,9H2,1-2H3;3-7,13H,8H2,1-2H3;3-6H,7H2,1-2H3. The average Bonchev–Trinajstić information content (AvgIpc) is 2.95. The zero-order valence-electron chi connectivity index (χ0n) is 25.8. The summed E-state index contributed by atoms with van der Waals surface area (Å²) >= 11 is 0. The lowest BCUT2D eigenvalue weighted by molar-refractivity contribution is -0.144. The molecule has 4 aromatic carbocycles. The molecule has 1 atom stereocenters. The highest BCUT2D eigenvalue weighted by atomic mass is 16.5. The van der Waals surface area contributed by atoms with Crippen molar-refractivity contribution in [2.75, 3.05) is 0 Å². The average molecular weight is 581 g/mol. The molecule has 5 rings (SSSR count). The molecule has 4 aromatic rings. The van der Waals surface area contributed by atoms with Gasteiger partial charge in [-0.1, -0.05) is 102 Å². The summed E-state index contributed by atoms with van der Waals surface area (Å²) in [7, 11) is 0. The van der Waals surface area contributed by atoms with Gasteiger partial charge in [-0.15, -0.1) is 0 Å². The van der Waals surface area contributed by atoms with Crippen LogP contribution in [0, 0.1) is 20.8 Å². The van der Waals surface area contributed by atoms with Crippen LogP contribution in [0.4, 0.5) is 0 Å². The van der Waals surface area contributed by atoms with Crippen molar-refractivity contribution in [3.63, 3.8) is 0 Å². The molecule has 0 saturated heterocycles. The largest absolute Gasteiger partial charge is 0.461 e. The highest BCUT2D eigenvalue weighted by Crippen LogP contribution is 2.22. The van der Waals surface area contributed by atoms with E-state index in [9.17, 15) is 14.4 Å². The van der Waals surface area contributed by atoms with Crippen molar-refractivity contribution in [3.05, 3.63) is 124 Å². The summed E-state index contributed by atoms with van der Waals surface area (Å²) in [5.74, 6) is -0.708. The summed E-state index contributed by atoms with van der Waals surface area (Å²) in [6.45, 7) is 11.2. The van der Waals surface area contributed by atoms with Gasteiger partial charge in [-0.3, -0.25) is 14.4 Å². The van der Waals surface area contributed by atoms with E-state index >= 15 is 0 Å². The third-order valence-corrected chi connectivity index (χ3v) is 6.61. The third kappa shape index (κ3) is 11.2. The maximum Gasteiger partial charge on any atom is 0.303 e. The summed E-state index contributed by atoms with van der Waals surface area (Å²) in [6, 6.07) is 26.6. The maximum absolute atomic E-state index is 10.8. The van der Waals surface area contributed by atoms with Crippen LogP contribution in [0.25, 0.3) is 16.8 Å². The lowest BCUT2D eigenvalue weighted by Gasteiger charge is -2.19. The van der Waals surface area contributed by atoms with Crippen molar-refractivity contribution in [1.29, 1.82) is 0 Å². The SMILES string of the molecule is CC(=O)OC1C=Cc2cc(C)ccc2C1.CC(=O)OCc1cccc(C)c1.CC(=O)OCc1cccc2cc(C)ccc12. The van der Waals surface area contributed by atoms with E-state index in [2.05, 4.69) is 56.3 Å². The van der Waals surface area contributed by atoms with E-state index < -0.39 is 0 Å². The summed E-state index contributed by atoms with van der Waals surface area (Å²) in [4.78, 5) is 32.1. The zero-order valence-corrected chi connectivity index (χ0v) is 25.8. The highest BCUT2D eigenvalue weighted by Gasteiger charge is 2.15. The Morgan fingerprint density at radius 3 is 2.05 bits per heavy atom. The van der Waals surface area contributed by atoms with Gasteiger partial charge < -0.3 is 14.2 Å². The first kappa shape index (κ1) is 32.8. The van der Waals surface area contributed by atoms with Crippen LogP contribution in [0.3, 0.4) is 0 Å². The summed E-state index contributed by atoms with van der Waals surface area (Å²) in [5, 5.41) is 2.33. The van der Waals surface area contributed by atoms with Crippen molar-refractivity contribution >= 4 is 34.8 Å². The van der Waals surface area contributed by atoms with E-state index in [4.69, 9.17) is 14.2 Å². The van der Waals surface area contributed by atoms with E-state index in [1.807, 2.05) is 55.5 Å². The monoisotopic (exact) mass is 580 g/mol. The molecular formula is C37H40O6. The number of hydrogen-bond donors (Lipinski definition) is 0. The Balaban J connectivity index is 0.000000179. The van der Waals surface area contributed by atoms with Crippen molar-refractivity contribution in [2.24, 2.45) is 0 Å². The normalized spacial score (nSPS) is 12.9. The Labute approximate surface area is 254 Å². The molecule has 0 radical (unpaired) electrons. The number of rotatable bonds is 5. The number of aryl methyl sites for hydroxylation is 3. The summed E-state index contributed by atoms with van der Waals surface area (Å²) < 4.78 is 15.0. The first-order chi connectivity index (χ1) is 20.5. The first-order valence-corrected chi connectivity index (χ1v) is 14.3. The van der Waals surface area contributed by atoms with Crippen molar-refractivity contribution in [1.82, 2.24) is 0 Å². The van der Waals surface area contributed by atoms with Crippen LogP contribution in [0.5, 0.6) is 0 Å². The minimum atomic E-state index is -0.246. The van der Waals surface area contributed by atoms with Gasteiger partial charge in [-0.2, -0.15) is 0 Å². The second-order valence-corrected chi connectivity index (χ2v) is 10.6. The summed E-state index contributed by atoms with van der Waals surface area (Å²) in [5.41, 5.74) is 8.23. The van der Waals surface area contributed by atoms with Crippen LogP contribution in [0.15, 0.2) is 84.9 Å². The van der Waals surface area contributed by atoms with Gasteiger partial charge in [0, 0.05) is 27.2 Å². The first-order valence-electron chi connectivity index (χ1n) is 14.3. The zero-order chi connectivity index (χ0) is 31.4. The molecule has 0 aliphatic heterocycles. The number of esters is 3. The fourth-order valence-electron chi connectivity index (χ4n) is 4.61. The molecule has 224 valence electrons. The molecule has 1 unspecified atom stereocenters. The second-order valence-electron chi connectivity index (χ2n) is 10.6. The van der Waals surface area contributed by atoms with Crippen LogP contribution >= 0.6 is 0 Å². The van der Waals surface area contributed by atoms with Gasteiger partial charge in [0.25, 0.3) is 0 Å². The van der Waals surface area contributed by atoms with Gasteiger partial charge in [0.2, 0.25) is 0 Å². The lowest BCUT2D eigenvalue weighted by atomic mass is 9.94. The minimum Gasteiger partial charge on any atom is -0.461 e. The molecule has 0 heterocycles. The Hall–Kier alpha value is -4.71. The topological polar surface area (TPSA) is 78.9 Å². The minimum absolute atomic E-state index is 0.0993. The number of carbonyl (C=O) groups is 3. The van der Waals surface area contributed by atoms with E-state index in [0.717, 1.165) is 22.9 Å². The molecule has 0 N–H and O–H groups in total. The quantitative estimate of drug-likeness (QED) is 0.177. The van der Waals surface area contributed by atoms with Crippen LogP contribution in [-0.4, -0.2) is 24.0 Å². The molecule has 0 bridgehead atoms. The fourth-order valence-corrected chi connectivity index (χ4v) is 4.61. The van der Waals surface area contributed by atoms with Crippen LogP contribution in [0.1, 0.15) is 59.7 Å². The number of ether oxygens (including phenoxy) is 3. The molecule has 43 heavy (non-hydrogen) atoms. The highest BCUT2D eigenvalue weighted by molar-refractivity contribution is 5.86. The van der Waals surface area contributed by atoms with E-state index in [1.54, 1.807) is 0 Å². The molecule has 0 saturated carbocycles. The van der Waals surface area contributed by atoms with Gasteiger partial charge in [-0.05, 0) is 59.9 Å². The predicted octanol–water partition coefficient (Wildman–Crippen LogP) is 7.77.